The highest BCUT2D eigenvalue weighted by molar-refractivity contribution is 5.38. The van der Waals surface area contributed by atoms with Crippen molar-refractivity contribution in [3.05, 3.63) is 29.1 Å². The van der Waals surface area contributed by atoms with Crippen LogP contribution in [-0.2, 0) is 6.61 Å². The number of rotatable bonds is 1. The van der Waals surface area contributed by atoms with Crippen LogP contribution in [0.25, 0.3) is 0 Å². The smallest absolute Gasteiger partial charge is 0.0853 e. The van der Waals surface area contributed by atoms with Gasteiger partial charge in [0, 0.05) is 11.8 Å². The predicted molar refractivity (Wildman–Crippen MR) is 42.8 cm³/mol. The van der Waals surface area contributed by atoms with Crippen molar-refractivity contribution in [1.82, 2.24) is 4.98 Å². The number of nitrogens with zero attached hydrogens (tertiary/aromatic N) is 1. The lowest BCUT2D eigenvalue weighted by Gasteiger charge is -1.99. The van der Waals surface area contributed by atoms with Crippen LogP contribution in [0.2, 0.25) is 0 Å². The molecule has 0 amide bonds. The summed E-state index contributed by atoms with van der Waals surface area (Å²) in [4.78, 5) is 3.96. The molecule has 0 saturated carbocycles. The van der Waals surface area contributed by atoms with Gasteiger partial charge in [0.1, 0.15) is 0 Å². The monoisotopic (exact) mass is 147 g/mol. The van der Waals surface area contributed by atoms with Crippen LogP contribution in [-0.4, -0.2) is 10.1 Å². The second kappa shape index (κ2) is 3.18. The molecule has 1 N–H and O–H groups in total. The van der Waals surface area contributed by atoms with Crippen LogP contribution in [0.1, 0.15) is 16.8 Å². The van der Waals surface area contributed by atoms with Crippen molar-refractivity contribution in [2.24, 2.45) is 0 Å². The normalized spacial score (nSPS) is 9.18. The summed E-state index contributed by atoms with van der Waals surface area (Å²) >= 11 is 0. The Kier molecular flexibility index (Phi) is 2.25. The molecule has 0 unspecified atom stereocenters. The fraction of sp³-hybridized carbons (Fsp3) is 0.222. The van der Waals surface area contributed by atoms with Crippen molar-refractivity contribution < 1.29 is 5.11 Å². The Bertz CT molecular complexity index is 299. The van der Waals surface area contributed by atoms with E-state index in [-0.39, 0.29) is 6.61 Å². The number of aliphatic hydroxyl groups excluding tert-OH is 1. The third kappa shape index (κ3) is 1.57. The Morgan fingerprint density at radius 2 is 2.45 bits per heavy atom. The maximum Gasteiger partial charge on any atom is 0.0853 e. The molecule has 0 saturated heterocycles. The van der Waals surface area contributed by atoms with Crippen LogP contribution in [0.4, 0.5) is 0 Å². The van der Waals surface area contributed by atoms with E-state index in [4.69, 9.17) is 11.5 Å². The summed E-state index contributed by atoms with van der Waals surface area (Å²) in [6, 6.07) is 1.72. The minimum Gasteiger partial charge on any atom is -0.390 e. The van der Waals surface area contributed by atoms with Crippen LogP contribution in [0, 0.1) is 19.3 Å². The highest BCUT2D eigenvalue weighted by Gasteiger charge is 1.96. The molecule has 2 nitrogen and oxygen atoms in total. The lowest BCUT2D eigenvalue weighted by Crippen LogP contribution is -1.92. The maximum atomic E-state index is 8.72. The van der Waals surface area contributed by atoms with Crippen LogP contribution in [0.5, 0.6) is 0 Å². The Morgan fingerprint density at radius 1 is 1.73 bits per heavy atom. The first kappa shape index (κ1) is 7.77. The van der Waals surface area contributed by atoms with Gasteiger partial charge in [-0.15, -0.1) is 6.42 Å². The van der Waals surface area contributed by atoms with Gasteiger partial charge in [0.25, 0.3) is 0 Å². The number of aromatic nitrogens is 1. The molecule has 11 heavy (non-hydrogen) atoms. The Morgan fingerprint density at radius 3 is 3.00 bits per heavy atom. The summed E-state index contributed by atoms with van der Waals surface area (Å²) in [5.41, 5.74) is 2.37. The molecule has 0 bridgehead atoms. The first-order chi connectivity index (χ1) is 5.27. The molecular formula is C9H9NO. The highest BCUT2D eigenvalue weighted by atomic mass is 16.3. The standard InChI is InChI=1S/C9H9NO/c1-3-8-4-9(6-11)10-5-7(8)2/h1,4-5,11H,6H2,2H3. The third-order valence-electron chi connectivity index (χ3n) is 1.48. The average Bonchev–Trinajstić information content (AvgIpc) is 2.05. The summed E-state index contributed by atoms with van der Waals surface area (Å²) in [6.45, 7) is 1.83. The molecule has 0 aliphatic heterocycles. The van der Waals surface area contributed by atoms with Gasteiger partial charge in [-0.25, -0.2) is 0 Å². The average molecular weight is 147 g/mol. The molecule has 1 aromatic rings. The summed E-state index contributed by atoms with van der Waals surface area (Å²) < 4.78 is 0. The Labute approximate surface area is 65.9 Å². The molecule has 0 spiro atoms. The highest BCUT2D eigenvalue weighted by Crippen LogP contribution is 2.06. The van der Waals surface area contributed by atoms with Crippen LogP contribution >= 0.6 is 0 Å². The molecule has 1 heterocycles. The second-order valence-corrected chi connectivity index (χ2v) is 2.29. The summed E-state index contributed by atoms with van der Waals surface area (Å²) in [5.74, 6) is 2.52. The molecule has 56 valence electrons. The Hall–Kier alpha value is -1.33. The second-order valence-electron chi connectivity index (χ2n) is 2.29. The molecule has 0 fully saturated rings. The predicted octanol–water partition coefficient (Wildman–Crippen LogP) is 0.864. The lowest BCUT2D eigenvalue weighted by atomic mass is 10.1. The van der Waals surface area contributed by atoms with Crippen molar-refractivity contribution >= 4 is 0 Å². The van der Waals surface area contributed by atoms with Gasteiger partial charge in [-0.2, -0.15) is 0 Å². The van der Waals surface area contributed by atoms with Gasteiger partial charge in [-0.1, -0.05) is 5.92 Å². The fourth-order valence-electron chi connectivity index (χ4n) is 0.809. The van der Waals surface area contributed by atoms with Crippen LogP contribution in [0.3, 0.4) is 0 Å². The van der Waals surface area contributed by atoms with Gasteiger partial charge in [0.15, 0.2) is 0 Å². The van der Waals surface area contributed by atoms with Crippen LogP contribution in [0.15, 0.2) is 12.3 Å². The van der Waals surface area contributed by atoms with Crippen molar-refractivity contribution in [3.8, 4) is 12.3 Å². The van der Waals surface area contributed by atoms with Gasteiger partial charge >= 0.3 is 0 Å². The van der Waals surface area contributed by atoms with Crippen molar-refractivity contribution in [1.29, 1.82) is 0 Å². The minimum absolute atomic E-state index is 0.0606. The van der Waals surface area contributed by atoms with Crippen molar-refractivity contribution in [2.45, 2.75) is 13.5 Å². The van der Waals surface area contributed by atoms with Gasteiger partial charge in [-0.05, 0) is 18.6 Å². The van der Waals surface area contributed by atoms with E-state index in [0.717, 1.165) is 11.1 Å². The summed E-state index contributed by atoms with van der Waals surface area (Å²) in [5, 5.41) is 8.72. The van der Waals surface area contributed by atoms with Gasteiger partial charge in [0.05, 0.1) is 12.3 Å². The van der Waals surface area contributed by atoms with Crippen molar-refractivity contribution in [2.75, 3.05) is 0 Å². The van der Waals surface area contributed by atoms with Gasteiger partial charge in [0.2, 0.25) is 0 Å². The van der Waals surface area contributed by atoms with E-state index < -0.39 is 0 Å². The molecule has 0 radical (unpaired) electrons. The molecule has 2 heteroatoms. The van der Waals surface area contributed by atoms with E-state index in [0.29, 0.717) is 5.69 Å². The molecule has 0 atom stereocenters. The summed E-state index contributed by atoms with van der Waals surface area (Å²) in [6.07, 6.45) is 6.88. The lowest BCUT2D eigenvalue weighted by molar-refractivity contribution is 0.277. The van der Waals surface area contributed by atoms with E-state index in [9.17, 15) is 0 Å². The zero-order valence-electron chi connectivity index (χ0n) is 6.33. The number of terminal acetylenes is 1. The molecule has 1 aromatic heterocycles. The largest absolute Gasteiger partial charge is 0.390 e. The zero-order chi connectivity index (χ0) is 8.27. The van der Waals surface area contributed by atoms with E-state index in [1.165, 1.54) is 0 Å². The molecule has 0 aromatic carbocycles. The van der Waals surface area contributed by atoms with E-state index in [1.807, 2.05) is 6.92 Å². The van der Waals surface area contributed by atoms with Crippen molar-refractivity contribution in [3.63, 3.8) is 0 Å². The Balaban J connectivity index is 3.15. The molecule has 0 aliphatic rings. The topological polar surface area (TPSA) is 33.1 Å². The maximum absolute atomic E-state index is 8.72. The van der Waals surface area contributed by atoms with E-state index in [2.05, 4.69) is 10.9 Å². The van der Waals surface area contributed by atoms with Gasteiger partial charge < -0.3 is 5.11 Å². The van der Waals surface area contributed by atoms with Crippen LogP contribution < -0.4 is 0 Å². The quantitative estimate of drug-likeness (QED) is 0.598. The minimum atomic E-state index is -0.0606. The number of aryl methyl sites for hydroxylation is 1. The summed E-state index contributed by atoms with van der Waals surface area (Å²) in [7, 11) is 0. The SMILES string of the molecule is C#Cc1cc(CO)ncc1C. The fourth-order valence-corrected chi connectivity index (χ4v) is 0.809. The van der Waals surface area contributed by atoms with Gasteiger partial charge in [-0.3, -0.25) is 4.98 Å². The van der Waals surface area contributed by atoms with E-state index >= 15 is 0 Å². The number of hydrogen-bond acceptors (Lipinski definition) is 2. The first-order valence-corrected chi connectivity index (χ1v) is 3.31. The number of pyridine rings is 1. The number of aliphatic hydroxyl groups is 1. The number of hydrogen-bond donors (Lipinski definition) is 1. The molecular weight excluding hydrogens is 138 g/mol. The molecule has 0 aliphatic carbocycles. The molecule has 1 rings (SSSR count). The third-order valence-corrected chi connectivity index (χ3v) is 1.48. The first-order valence-electron chi connectivity index (χ1n) is 3.31. The van der Waals surface area contributed by atoms with E-state index in [1.54, 1.807) is 12.3 Å². The zero-order valence-corrected chi connectivity index (χ0v) is 6.33.